The molecule has 1 aromatic carbocycles. The number of piperidine rings is 1. The molecule has 0 amide bonds. The molecule has 0 unspecified atom stereocenters. The van der Waals surface area contributed by atoms with E-state index in [1.807, 2.05) is 30.5 Å². The van der Waals surface area contributed by atoms with Gasteiger partial charge in [0, 0.05) is 36.6 Å². The van der Waals surface area contributed by atoms with Gasteiger partial charge >= 0.3 is 0 Å². The number of pyridine rings is 1. The zero-order valence-electron chi connectivity index (χ0n) is 15.2. The average molecular weight is 339 g/mol. The molecular formula is C21H29N3O. The molecule has 0 saturated carbocycles. The molecule has 1 aromatic heterocycles. The molecular weight excluding hydrogens is 310 g/mol. The summed E-state index contributed by atoms with van der Waals surface area (Å²) in [7, 11) is 0. The molecule has 4 heteroatoms. The molecule has 4 nitrogen and oxygen atoms in total. The molecule has 0 spiro atoms. The molecule has 1 saturated heterocycles. The summed E-state index contributed by atoms with van der Waals surface area (Å²) in [4.78, 5) is 6.69. The highest BCUT2D eigenvalue weighted by Crippen LogP contribution is 2.20. The average Bonchev–Trinajstić information content (AvgIpc) is 2.68. The standard InChI is InChI=1S/C21H29N3O/c1-2-24-12-6-8-18(16-24)13-23-15-20-9-3-4-10-21(20)25-17-19-7-5-11-22-14-19/h3-5,7,9-11,14,18,23H,2,6,8,12-13,15-17H2,1H3/t18-/m1/s1. The van der Waals surface area contributed by atoms with Crippen LogP contribution >= 0.6 is 0 Å². The first kappa shape index (κ1) is 17.9. The monoisotopic (exact) mass is 339 g/mol. The highest BCUT2D eigenvalue weighted by atomic mass is 16.5. The third kappa shape index (κ3) is 5.55. The molecule has 2 aromatic rings. The van der Waals surface area contributed by atoms with E-state index in [-0.39, 0.29) is 0 Å². The van der Waals surface area contributed by atoms with Crippen molar-refractivity contribution in [1.82, 2.24) is 15.2 Å². The van der Waals surface area contributed by atoms with Crippen molar-refractivity contribution in [2.45, 2.75) is 32.9 Å². The van der Waals surface area contributed by atoms with Crippen LogP contribution in [0, 0.1) is 5.92 Å². The Balaban J connectivity index is 1.49. The van der Waals surface area contributed by atoms with Crippen LogP contribution in [0.1, 0.15) is 30.9 Å². The molecule has 1 N–H and O–H groups in total. The van der Waals surface area contributed by atoms with Gasteiger partial charge < -0.3 is 15.0 Å². The maximum atomic E-state index is 6.01. The largest absolute Gasteiger partial charge is 0.489 e. The number of nitrogens with one attached hydrogen (secondary N) is 1. The Morgan fingerprint density at radius 2 is 2.16 bits per heavy atom. The van der Waals surface area contributed by atoms with Gasteiger partial charge in [-0.1, -0.05) is 31.2 Å². The highest BCUT2D eigenvalue weighted by molar-refractivity contribution is 5.33. The lowest BCUT2D eigenvalue weighted by molar-refractivity contribution is 0.180. The van der Waals surface area contributed by atoms with E-state index in [1.54, 1.807) is 6.20 Å². The van der Waals surface area contributed by atoms with Gasteiger partial charge in [-0.3, -0.25) is 4.98 Å². The minimum absolute atomic E-state index is 0.555. The smallest absolute Gasteiger partial charge is 0.124 e. The van der Waals surface area contributed by atoms with E-state index < -0.39 is 0 Å². The van der Waals surface area contributed by atoms with Crippen molar-refractivity contribution in [2.24, 2.45) is 5.92 Å². The second-order valence-electron chi connectivity index (χ2n) is 6.79. The lowest BCUT2D eigenvalue weighted by Crippen LogP contribution is -2.39. The topological polar surface area (TPSA) is 37.4 Å². The van der Waals surface area contributed by atoms with E-state index in [0.29, 0.717) is 6.61 Å². The van der Waals surface area contributed by atoms with Crippen LogP contribution in [-0.2, 0) is 13.2 Å². The summed E-state index contributed by atoms with van der Waals surface area (Å²) in [5, 5.41) is 3.64. The first-order valence-corrected chi connectivity index (χ1v) is 9.38. The normalized spacial score (nSPS) is 18.2. The summed E-state index contributed by atoms with van der Waals surface area (Å²) in [5.74, 6) is 1.72. The van der Waals surface area contributed by atoms with Crippen LogP contribution in [0.5, 0.6) is 5.75 Å². The predicted molar refractivity (Wildman–Crippen MR) is 102 cm³/mol. The van der Waals surface area contributed by atoms with Gasteiger partial charge in [-0.15, -0.1) is 0 Å². The van der Waals surface area contributed by atoms with Crippen molar-refractivity contribution < 1.29 is 4.74 Å². The van der Waals surface area contributed by atoms with Crippen molar-refractivity contribution in [3.05, 3.63) is 59.9 Å². The highest BCUT2D eigenvalue weighted by Gasteiger charge is 2.18. The van der Waals surface area contributed by atoms with E-state index in [2.05, 4.69) is 34.3 Å². The lowest BCUT2D eigenvalue weighted by Gasteiger charge is -2.32. The van der Waals surface area contributed by atoms with Crippen LogP contribution in [0.15, 0.2) is 48.8 Å². The van der Waals surface area contributed by atoms with Crippen molar-refractivity contribution in [3.8, 4) is 5.75 Å². The summed E-state index contributed by atoms with van der Waals surface area (Å²) in [6.07, 6.45) is 6.30. The zero-order valence-corrected chi connectivity index (χ0v) is 15.2. The van der Waals surface area contributed by atoms with Crippen LogP contribution in [-0.4, -0.2) is 36.1 Å². The van der Waals surface area contributed by atoms with Crippen LogP contribution in [0.4, 0.5) is 0 Å². The second-order valence-corrected chi connectivity index (χ2v) is 6.79. The molecule has 134 valence electrons. The number of likely N-dealkylation sites (tertiary alicyclic amines) is 1. The minimum atomic E-state index is 0.555. The Morgan fingerprint density at radius 3 is 3.00 bits per heavy atom. The van der Waals surface area contributed by atoms with Gasteiger partial charge in [-0.05, 0) is 50.5 Å². The van der Waals surface area contributed by atoms with Gasteiger partial charge in [0.15, 0.2) is 0 Å². The molecule has 0 radical (unpaired) electrons. The Morgan fingerprint density at radius 1 is 1.24 bits per heavy atom. The van der Waals surface area contributed by atoms with Crippen molar-refractivity contribution in [3.63, 3.8) is 0 Å². The van der Waals surface area contributed by atoms with Crippen molar-refractivity contribution in [1.29, 1.82) is 0 Å². The Labute approximate surface area is 151 Å². The number of nitrogens with zero attached hydrogens (tertiary/aromatic N) is 2. The summed E-state index contributed by atoms with van der Waals surface area (Å²) in [6, 6.07) is 12.3. The Bertz CT molecular complexity index is 632. The van der Waals surface area contributed by atoms with Gasteiger partial charge in [0.25, 0.3) is 0 Å². The van der Waals surface area contributed by atoms with Crippen molar-refractivity contribution in [2.75, 3.05) is 26.2 Å². The van der Waals surface area contributed by atoms with Crippen LogP contribution in [0.2, 0.25) is 0 Å². The van der Waals surface area contributed by atoms with Gasteiger partial charge in [-0.25, -0.2) is 0 Å². The summed E-state index contributed by atoms with van der Waals surface area (Å²) in [6.45, 7) is 8.39. The van der Waals surface area contributed by atoms with Gasteiger partial charge in [0.1, 0.15) is 12.4 Å². The maximum absolute atomic E-state index is 6.01. The number of benzene rings is 1. The van der Waals surface area contributed by atoms with Crippen LogP contribution in [0.3, 0.4) is 0 Å². The zero-order chi connectivity index (χ0) is 17.3. The maximum Gasteiger partial charge on any atom is 0.124 e. The second kappa shape index (κ2) is 9.54. The number of hydrogen-bond donors (Lipinski definition) is 1. The molecule has 2 heterocycles. The Kier molecular flexibility index (Phi) is 6.83. The molecule has 1 atom stereocenters. The molecule has 1 aliphatic rings. The van der Waals surface area contributed by atoms with E-state index in [0.717, 1.165) is 30.3 Å². The molecule has 0 bridgehead atoms. The number of para-hydroxylation sites is 1. The minimum Gasteiger partial charge on any atom is -0.489 e. The lowest BCUT2D eigenvalue weighted by atomic mass is 9.98. The molecule has 3 rings (SSSR count). The van der Waals surface area contributed by atoms with Crippen LogP contribution in [0.25, 0.3) is 0 Å². The number of aromatic nitrogens is 1. The molecule has 1 aliphatic heterocycles. The number of rotatable bonds is 8. The fourth-order valence-corrected chi connectivity index (χ4v) is 3.45. The third-order valence-electron chi connectivity index (χ3n) is 4.89. The van der Waals surface area contributed by atoms with Crippen molar-refractivity contribution >= 4 is 0 Å². The number of hydrogen-bond acceptors (Lipinski definition) is 4. The van der Waals surface area contributed by atoms with E-state index in [9.17, 15) is 0 Å². The molecule has 1 fully saturated rings. The van der Waals surface area contributed by atoms with E-state index in [4.69, 9.17) is 4.74 Å². The van der Waals surface area contributed by atoms with Gasteiger partial charge in [0.05, 0.1) is 0 Å². The van der Waals surface area contributed by atoms with Gasteiger partial charge in [0.2, 0.25) is 0 Å². The SMILES string of the molecule is CCN1CCC[C@H](CNCc2ccccc2OCc2cccnc2)C1. The van der Waals surface area contributed by atoms with E-state index >= 15 is 0 Å². The molecule has 25 heavy (non-hydrogen) atoms. The Hall–Kier alpha value is -1.91. The molecule has 0 aliphatic carbocycles. The fraction of sp³-hybridized carbons (Fsp3) is 0.476. The first-order chi connectivity index (χ1) is 12.3. The summed E-state index contributed by atoms with van der Waals surface area (Å²) in [5.41, 5.74) is 2.31. The summed E-state index contributed by atoms with van der Waals surface area (Å²) < 4.78 is 6.01. The number of ether oxygens (including phenoxy) is 1. The van der Waals surface area contributed by atoms with Crippen LogP contribution < -0.4 is 10.1 Å². The predicted octanol–water partition coefficient (Wildman–Crippen LogP) is 3.48. The van der Waals surface area contributed by atoms with Gasteiger partial charge in [-0.2, -0.15) is 0 Å². The summed E-state index contributed by atoms with van der Waals surface area (Å²) >= 11 is 0. The quantitative estimate of drug-likeness (QED) is 0.799. The third-order valence-corrected chi connectivity index (χ3v) is 4.89. The van der Waals surface area contributed by atoms with E-state index in [1.165, 1.54) is 38.0 Å². The first-order valence-electron chi connectivity index (χ1n) is 9.38. The fourth-order valence-electron chi connectivity index (χ4n) is 3.45.